The number of ether oxygens (including phenoxy) is 1. The van der Waals surface area contributed by atoms with Crippen LogP contribution < -0.4 is 0 Å². The molecule has 1 aromatic heterocycles. The highest BCUT2D eigenvalue weighted by molar-refractivity contribution is 5.97. The smallest absolute Gasteiger partial charge is 0.337 e. The molecule has 0 radical (unpaired) electrons. The highest BCUT2D eigenvalue weighted by Crippen LogP contribution is 2.42. The van der Waals surface area contributed by atoms with Crippen molar-refractivity contribution in [1.82, 2.24) is 14.8 Å². The van der Waals surface area contributed by atoms with E-state index in [9.17, 15) is 14.4 Å². The van der Waals surface area contributed by atoms with Crippen LogP contribution in [0.25, 0.3) is 10.9 Å². The number of esters is 1. The second-order valence-corrected chi connectivity index (χ2v) is 9.54. The van der Waals surface area contributed by atoms with Crippen molar-refractivity contribution in [3.8, 4) is 0 Å². The van der Waals surface area contributed by atoms with Gasteiger partial charge in [0.2, 0.25) is 11.8 Å². The summed E-state index contributed by atoms with van der Waals surface area (Å²) in [6, 6.07) is 14.2. The van der Waals surface area contributed by atoms with E-state index < -0.39 is 18.1 Å². The van der Waals surface area contributed by atoms with Gasteiger partial charge in [0, 0.05) is 29.6 Å². The van der Waals surface area contributed by atoms with Crippen molar-refractivity contribution >= 4 is 28.7 Å². The number of carbonyl (C=O) groups excluding carboxylic acids is 3. The predicted octanol–water partition coefficient (Wildman–Crippen LogP) is 3.69. The largest absolute Gasteiger partial charge is 0.465 e. The number of nitrogens with one attached hydrogen (secondary N) is 1. The van der Waals surface area contributed by atoms with E-state index in [0.29, 0.717) is 24.4 Å². The summed E-state index contributed by atoms with van der Waals surface area (Å²) >= 11 is 0. The first kappa shape index (κ1) is 22.2. The van der Waals surface area contributed by atoms with Crippen molar-refractivity contribution in [3.63, 3.8) is 0 Å². The number of hydrogen-bond acceptors (Lipinski definition) is 4. The van der Waals surface area contributed by atoms with Crippen LogP contribution in [0.4, 0.5) is 0 Å². The number of aromatic amines is 1. The molecule has 176 valence electrons. The Morgan fingerprint density at radius 3 is 2.56 bits per heavy atom. The Morgan fingerprint density at radius 1 is 1.12 bits per heavy atom. The number of para-hydroxylation sites is 1. The van der Waals surface area contributed by atoms with Gasteiger partial charge in [0.05, 0.1) is 25.3 Å². The molecular formula is C27H29N3O4. The highest BCUT2D eigenvalue weighted by atomic mass is 16.5. The lowest BCUT2D eigenvalue weighted by atomic mass is 9.86. The lowest BCUT2D eigenvalue weighted by molar-refractivity contribution is -0.158. The van der Waals surface area contributed by atoms with Crippen LogP contribution >= 0.6 is 0 Å². The average Bonchev–Trinajstić information content (AvgIpc) is 3.22. The Kier molecular flexibility index (Phi) is 5.63. The Hall–Kier alpha value is -3.61. The first-order valence-electron chi connectivity index (χ1n) is 11.8. The summed E-state index contributed by atoms with van der Waals surface area (Å²) in [5.74, 6) is -0.00922. The minimum atomic E-state index is -0.551. The molecule has 2 amide bonds. The number of benzene rings is 2. The van der Waals surface area contributed by atoms with Gasteiger partial charge in [0.25, 0.3) is 0 Å². The third-order valence-electron chi connectivity index (χ3n) is 6.97. The van der Waals surface area contributed by atoms with Crippen LogP contribution in [-0.2, 0) is 20.7 Å². The summed E-state index contributed by atoms with van der Waals surface area (Å²) in [6.45, 7) is 4.92. The molecule has 3 aromatic rings. The molecule has 2 aromatic carbocycles. The molecule has 0 saturated carbocycles. The third-order valence-corrected chi connectivity index (χ3v) is 6.97. The minimum Gasteiger partial charge on any atom is -0.465 e. The molecule has 2 aliphatic rings. The number of nitrogens with zero attached hydrogens (tertiary/aromatic N) is 2. The number of aromatic nitrogens is 1. The van der Waals surface area contributed by atoms with Crippen LogP contribution in [0.1, 0.15) is 53.5 Å². The summed E-state index contributed by atoms with van der Waals surface area (Å²) in [5.41, 5.74) is 4.28. The Labute approximate surface area is 198 Å². The topological polar surface area (TPSA) is 82.7 Å². The van der Waals surface area contributed by atoms with E-state index in [-0.39, 0.29) is 18.4 Å². The molecule has 1 saturated heterocycles. The molecule has 7 nitrogen and oxygen atoms in total. The predicted molar refractivity (Wildman–Crippen MR) is 128 cm³/mol. The maximum absolute atomic E-state index is 13.6. The first-order valence-corrected chi connectivity index (χ1v) is 11.8. The van der Waals surface area contributed by atoms with Crippen molar-refractivity contribution < 1.29 is 19.1 Å². The highest BCUT2D eigenvalue weighted by Gasteiger charge is 2.48. The molecule has 1 N–H and O–H groups in total. The van der Waals surface area contributed by atoms with Gasteiger partial charge < -0.3 is 19.5 Å². The summed E-state index contributed by atoms with van der Waals surface area (Å²) in [7, 11) is 1.35. The van der Waals surface area contributed by atoms with Crippen molar-refractivity contribution in [3.05, 3.63) is 70.9 Å². The zero-order valence-electron chi connectivity index (χ0n) is 19.7. The van der Waals surface area contributed by atoms with Crippen LogP contribution in [0.5, 0.6) is 0 Å². The third kappa shape index (κ3) is 3.65. The van der Waals surface area contributed by atoms with Gasteiger partial charge in [0.1, 0.15) is 6.04 Å². The van der Waals surface area contributed by atoms with E-state index in [2.05, 4.69) is 24.9 Å². The van der Waals surface area contributed by atoms with Crippen molar-refractivity contribution in [2.24, 2.45) is 5.92 Å². The van der Waals surface area contributed by atoms with E-state index in [1.165, 1.54) is 7.11 Å². The first-order chi connectivity index (χ1) is 16.4. The molecular weight excluding hydrogens is 430 g/mol. The van der Waals surface area contributed by atoms with Gasteiger partial charge in [-0.25, -0.2) is 4.79 Å². The van der Waals surface area contributed by atoms with E-state index >= 15 is 0 Å². The van der Waals surface area contributed by atoms with Gasteiger partial charge in [-0.05, 0) is 41.7 Å². The zero-order valence-corrected chi connectivity index (χ0v) is 19.7. The SMILES string of the molecule is COC(=O)c1ccc(C2c3[nH]c4ccccc4c3C[C@H]3C(=O)N(CCC(C)C)CC(=O)N23)cc1. The Balaban J connectivity index is 1.60. The van der Waals surface area contributed by atoms with Gasteiger partial charge in [-0.1, -0.05) is 44.2 Å². The van der Waals surface area contributed by atoms with E-state index in [1.54, 1.807) is 21.9 Å². The van der Waals surface area contributed by atoms with Crippen LogP contribution in [0.3, 0.4) is 0 Å². The fourth-order valence-electron chi connectivity index (χ4n) is 5.19. The summed E-state index contributed by atoms with van der Waals surface area (Å²) in [5, 5.41) is 1.08. The molecule has 0 spiro atoms. The molecule has 0 aliphatic carbocycles. The Bertz CT molecular complexity index is 1260. The van der Waals surface area contributed by atoms with Crippen molar-refractivity contribution in [1.29, 1.82) is 0 Å². The molecule has 5 rings (SSSR count). The molecule has 7 heteroatoms. The molecule has 34 heavy (non-hydrogen) atoms. The van der Waals surface area contributed by atoms with E-state index in [1.807, 2.05) is 30.3 Å². The number of carbonyl (C=O) groups is 3. The van der Waals surface area contributed by atoms with Crippen molar-refractivity contribution in [2.45, 2.75) is 38.8 Å². The maximum atomic E-state index is 13.6. The van der Waals surface area contributed by atoms with E-state index in [0.717, 1.165) is 34.1 Å². The number of methoxy groups -OCH3 is 1. The average molecular weight is 460 g/mol. The number of fused-ring (bicyclic) bond motifs is 4. The number of H-pyrrole nitrogens is 1. The molecule has 1 unspecified atom stereocenters. The lowest BCUT2D eigenvalue weighted by Crippen LogP contribution is -2.63. The fourth-order valence-corrected chi connectivity index (χ4v) is 5.19. The Morgan fingerprint density at radius 2 is 1.85 bits per heavy atom. The van der Waals surface area contributed by atoms with Gasteiger partial charge in [-0.3, -0.25) is 9.59 Å². The summed E-state index contributed by atoms with van der Waals surface area (Å²) in [4.78, 5) is 46.0. The monoisotopic (exact) mass is 459 g/mol. The normalized spacial score (nSPS) is 20.0. The van der Waals surface area contributed by atoms with Crippen LogP contribution in [0.2, 0.25) is 0 Å². The summed E-state index contributed by atoms with van der Waals surface area (Å²) < 4.78 is 4.83. The van der Waals surface area contributed by atoms with Crippen LogP contribution in [0, 0.1) is 5.92 Å². The number of amides is 2. The van der Waals surface area contributed by atoms with Gasteiger partial charge in [0.15, 0.2) is 0 Å². The minimum absolute atomic E-state index is 0.00682. The number of rotatable bonds is 5. The van der Waals surface area contributed by atoms with Gasteiger partial charge >= 0.3 is 5.97 Å². The molecule has 1 fully saturated rings. The lowest BCUT2D eigenvalue weighted by Gasteiger charge is -2.47. The van der Waals surface area contributed by atoms with Crippen LogP contribution in [-0.4, -0.2) is 58.8 Å². The fraction of sp³-hybridized carbons (Fsp3) is 0.370. The van der Waals surface area contributed by atoms with Crippen LogP contribution in [0.15, 0.2) is 48.5 Å². The molecule has 0 bridgehead atoms. The standard InChI is InChI=1S/C27H29N3O4/c1-16(2)12-13-29-15-23(31)30-22(26(29)32)14-20-19-6-4-5-7-21(19)28-24(20)25(30)17-8-10-18(11-9-17)27(33)34-3/h4-11,16,22,25,28H,12-15H2,1-3H3/t22-,25?/m0/s1. The number of piperazine rings is 1. The summed E-state index contributed by atoms with van der Waals surface area (Å²) in [6.07, 6.45) is 1.35. The maximum Gasteiger partial charge on any atom is 0.337 e. The molecule has 2 aliphatic heterocycles. The molecule has 3 heterocycles. The second kappa shape index (κ2) is 8.63. The van der Waals surface area contributed by atoms with Gasteiger partial charge in [-0.15, -0.1) is 0 Å². The zero-order chi connectivity index (χ0) is 24.0. The van der Waals surface area contributed by atoms with Gasteiger partial charge in [-0.2, -0.15) is 0 Å². The second-order valence-electron chi connectivity index (χ2n) is 9.54. The van der Waals surface area contributed by atoms with Crippen molar-refractivity contribution in [2.75, 3.05) is 20.2 Å². The quantitative estimate of drug-likeness (QED) is 0.590. The number of hydrogen-bond donors (Lipinski definition) is 1. The molecule has 2 atom stereocenters. The van der Waals surface area contributed by atoms with E-state index in [4.69, 9.17) is 4.74 Å².